The molecule has 150 valence electrons. The number of ether oxygens (including phenoxy) is 1. The number of hydrogen-bond acceptors (Lipinski definition) is 3. The smallest absolute Gasteiger partial charge is 0.191 e. The predicted molar refractivity (Wildman–Crippen MR) is 115 cm³/mol. The number of aliphatic imine (C=N–C) groups is 1. The summed E-state index contributed by atoms with van der Waals surface area (Å²) in [4.78, 5) is 4.33. The molecule has 0 aromatic heterocycles. The Morgan fingerprint density at radius 3 is 2.75 bits per heavy atom. The van der Waals surface area contributed by atoms with E-state index in [9.17, 15) is 4.39 Å². The van der Waals surface area contributed by atoms with Crippen LogP contribution >= 0.6 is 11.8 Å². The third-order valence-corrected chi connectivity index (χ3v) is 5.61. The van der Waals surface area contributed by atoms with Gasteiger partial charge in [0.2, 0.25) is 0 Å². The van der Waals surface area contributed by atoms with Gasteiger partial charge in [-0.25, -0.2) is 4.39 Å². The average Bonchev–Trinajstić information content (AvgIpc) is 3.19. The zero-order valence-corrected chi connectivity index (χ0v) is 17.3. The van der Waals surface area contributed by atoms with E-state index in [-0.39, 0.29) is 11.9 Å². The van der Waals surface area contributed by atoms with Crippen LogP contribution in [0.1, 0.15) is 29.2 Å². The Morgan fingerprint density at radius 1 is 1.18 bits per heavy atom. The Hall–Kier alpha value is -2.05. The maximum Gasteiger partial charge on any atom is 0.191 e. The van der Waals surface area contributed by atoms with Crippen molar-refractivity contribution < 1.29 is 9.13 Å². The number of guanidine groups is 1. The monoisotopic (exact) mass is 401 g/mol. The highest BCUT2D eigenvalue weighted by Gasteiger charge is 2.29. The summed E-state index contributed by atoms with van der Waals surface area (Å²) in [6.45, 7) is 2.19. The molecule has 0 aliphatic carbocycles. The van der Waals surface area contributed by atoms with Gasteiger partial charge in [-0.2, -0.15) is 11.8 Å². The summed E-state index contributed by atoms with van der Waals surface area (Å²) in [5, 5.41) is 6.77. The van der Waals surface area contributed by atoms with Crippen LogP contribution in [0.4, 0.5) is 4.39 Å². The zero-order chi connectivity index (χ0) is 19.8. The molecule has 1 fully saturated rings. The number of halogens is 1. The maximum absolute atomic E-state index is 13.5. The SMILES string of the molecule is CN=C(NCc1ccc(F)cc1CSC)NCC1CCOC1c1ccccc1. The van der Waals surface area contributed by atoms with Gasteiger partial charge < -0.3 is 15.4 Å². The van der Waals surface area contributed by atoms with Crippen LogP contribution in [0.2, 0.25) is 0 Å². The second-order valence-corrected chi connectivity index (χ2v) is 7.77. The third-order valence-electron chi connectivity index (χ3n) is 5.01. The Bertz CT molecular complexity index is 785. The molecule has 0 saturated carbocycles. The van der Waals surface area contributed by atoms with Crippen molar-refractivity contribution in [3.8, 4) is 0 Å². The minimum atomic E-state index is -0.191. The van der Waals surface area contributed by atoms with Gasteiger partial charge in [0.15, 0.2) is 5.96 Å². The Balaban J connectivity index is 1.55. The second-order valence-electron chi connectivity index (χ2n) is 6.90. The highest BCUT2D eigenvalue weighted by molar-refractivity contribution is 7.97. The van der Waals surface area contributed by atoms with Crippen molar-refractivity contribution in [2.45, 2.75) is 24.8 Å². The third kappa shape index (κ3) is 5.49. The highest BCUT2D eigenvalue weighted by Crippen LogP contribution is 2.33. The minimum Gasteiger partial charge on any atom is -0.373 e. The molecule has 0 bridgehead atoms. The Morgan fingerprint density at radius 2 is 2.00 bits per heavy atom. The van der Waals surface area contributed by atoms with Crippen LogP contribution in [0.3, 0.4) is 0 Å². The van der Waals surface area contributed by atoms with Crippen molar-refractivity contribution in [3.63, 3.8) is 0 Å². The van der Waals surface area contributed by atoms with Crippen LogP contribution in [-0.2, 0) is 17.0 Å². The van der Waals surface area contributed by atoms with E-state index in [0.717, 1.165) is 42.4 Å². The van der Waals surface area contributed by atoms with E-state index in [2.05, 4.69) is 39.9 Å². The van der Waals surface area contributed by atoms with Crippen molar-refractivity contribution in [1.82, 2.24) is 10.6 Å². The summed E-state index contributed by atoms with van der Waals surface area (Å²) < 4.78 is 19.5. The van der Waals surface area contributed by atoms with Crippen LogP contribution in [0.15, 0.2) is 53.5 Å². The Kier molecular flexibility index (Phi) is 7.74. The molecule has 1 heterocycles. The number of nitrogens with one attached hydrogen (secondary N) is 2. The first kappa shape index (κ1) is 20.7. The molecule has 2 atom stereocenters. The normalized spacial score (nSPS) is 19.6. The molecule has 2 unspecified atom stereocenters. The molecule has 0 radical (unpaired) electrons. The van der Waals surface area contributed by atoms with Crippen LogP contribution in [0, 0.1) is 11.7 Å². The predicted octanol–water partition coefficient (Wildman–Crippen LogP) is 4.13. The quantitative estimate of drug-likeness (QED) is 0.541. The van der Waals surface area contributed by atoms with Crippen molar-refractivity contribution in [1.29, 1.82) is 0 Å². The summed E-state index contributed by atoms with van der Waals surface area (Å²) in [6.07, 6.45) is 3.17. The molecule has 3 rings (SSSR count). The lowest BCUT2D eigenvalue weighted by molar-refractivity contribution is 0.0915. The maximum atomic E-state index is 13.5. The molecule has 28 heavy (non-hydrogen) atoms. The lowest BCUT2D eigenvalue weighted by Crippen LogP contribution is -2.40. The summed E-state index contributed by atoms with van der Waals surface area (Å²) >= 11 is 1.69. The van der Waals surface area contributed by atoms with Gasteiger partial charge in [0.25, 0.3) is 0 Å². The molecule has 1 saturated heterocycles. The highest BCUT2D eigenvalue weighted by atomic mass is 32.2. The van der Waals surface area contributed by atoms with E-state index in [0.29, 0.717) is 12.5 Å². The molecule has 2 aromatic carbocycles. The number of benzene rings is 2. The first-order valence-corrected chi connectivity index (χ1v) is 11.0. The minimum absolute atomic E-state index is 0.122. The van der Waals surface area contributed by atoms with E-state index >= 15 is 0 Å². The molecule has 2 aromatic rings. The fraction of sp³-hybridized carbons (Fsp3) is 0.409. The van der Waals surface area contributed by atoms with Crippen molar-refractivity contribution >= 4 is 17.7 Å². The first-order valence-electron chi connectivity index (χ1n) is 9.58. The summed E-state index contributed by atoms with van der Waals surface area (Å²) in [5.74, 6) is 1.75. The van der Waals surface area contributed by atoms with Gasteiger partial charge in [-0.1, -0.05) is 36.4 Å². The summed E-state index contributed by atoms with van der Waals surface area (Å²) in [5.41, 5.74) is 3.33. The van der Waals surface area contributed by atoms with Gasteiger partial charge >= 0.3 is 0 Å². The van der Waals surface area contributed by atoms with Crippen LogP contribution in [0.5, 0.6) is 0 Å². The van der Waals surface area contributed by atoms with Gasteiger partial charge in [-0.15, -0.1) is 0 Å². The van der Waals surface area contributed by atoms with Gasteiger partial charge in [-0.05, 0) is 41.5 Å². The molecule has 0 spiro atoms. The van der Waals surface area contributed by atoms with E-state index < -0.39 is 0 Å². The number of hydrogen-bond donors (Lipinski definition) is 2. The van der Waals surface area contributed by atoms with E-state index in [1.807, 2.05) is 18.4 Å². The lowest BCUT2D eigenvalue weighted by atomic mass is 9.95. The van der Waals surface area contributed by atoms with Crippen LogP contribution in [-0.4, -0.2) is 32.4 Å². The molecular formula is C22H28FN3OS. The van der Waals surface area contributed by atoms with Gasteiger partial charge in [0.1, 0.15) is 5.82 Å². The first-order chi connectivity index (χ1) is 13.7. The van der Waals surface area contributed by atoms with E-state index in [1.54, 1.807) is 24.9 Å². The van der Waals surface area contributed by atoms with Crippen LogP contribution < -0.4 is 10.6 Å². The molecule has 6 heteroatoms. The molecule has 1 aliphatic rings. The summed E-state index contributed by atoms with van der Waals surface area (Å²) in [6, 6.07) is 15.3. The molecule has 1 aliphatic heterocycles. The number of thioether (sulfide) groups is 1. The molecule has 2 N–H and O–H groups in total. The zero-order valence-electron chi connectivity index (χ0n) is 16.5. The topological polar surface area (TPSA) is 45.7 Å². The van der Waals surface area contributed by atoms with E-state index in [1.165, 1.54) is 11.6 Å². The number of rotatable bonds is 7. The van der Waals surface area contributed by atoms with Crippen molar-refractivity contribution in [2.24, 2.45) is 10.9 Å². The van der Waals surface area contributed by atoms with Crippen molar-refractivity contribution in [2.75, 3.05) is 26.5 Å². The lowest BCUT2D eigenvalue weighted by Gasteiger charge is -2.21. The van der Waals surface area contributed by atoms with Crippen LogP contribution in [0.25, 0.3) is 0 Å². The average molecular weight is 402 g/mol. The standard InChI is InChI=1S/C22H28FN3OS/c1-24-22(25-13-17-8-9-20(23)12-19(17)15-28-2)26-14-18-10-11-27-21(18)16-6-4-3-5-7-16/h3-9,12,18,21H,10-11,13-15H2,1-2H3,(H2,24,25,26). The molecular weight excluding hydrogens is 373 g/mol. The molecule has 4 nitrogen and oxygen atoms in total. The largest absolute Gasteiger partial charge is 0.373 e. The van der Waals surface area contributed by atoms with Gasteiger partial charge in [0.05, 0.1) is 6.10 Å². The molecule has 0 amide bonds. The van der Waals surface area contributed by atoms with E-state index in [4.69, 9.17) is 4.74 Å². The second kappa shape index (κ2) is 10.5. The van der Waals surface area contributed by atoms with Gasteiger partial charge in [-0.3, -0.25) is 4.99 Å². The fourth-order valence-electron chi connectivity index (χ4n) is 3.54. The number of nitrogens with zero attached hydrogens (tertiary/aromatic N) is 1. The summed E-state index contributed by atoms with van der Waals surface area (Å²) in [7, 11) is 1.77. The fourth-order valence-corrected chi connectivity index (χ4v) is 4.12. The van der Waals surface area contributed by atoms with Crippen molar-refractivity contribution in [3.05, 3.63) is 71.0 Å². The Labute approximate surface area is 171 Å². The van der Waals surface area contributed by atoms with Gasteiger partial charge in [0, 0.05) is 38.4 Å².